The first-order valence-electron chi connectivity index (χ1n) is 7.11. The largest absolute Gasteiger partial charge is 0.462 e. The molecule has 0 amide bonds. The second kappa shape index (κ2) is 4.83. The number of fused-ring (bicyclic) bond motifs is 3. The quantitative estimate of drug-likeness (QED) is 0.793. The van der Waals surface area contributed by atoms with Crippen molar-refractivity contribution >= 4 is 22.7 Å². The molecule has 22 heavy (non-hydrogen) atoms. The van der Waals surface area contributed by atoms with E-state index in [-0.39, 0.29) is 39.9 Å². The number of carbonyl (C=O) groups is 2. The molecule has 0 fully saturated rings. The van der Waals surface area contributed by atoms with Crippen LogP contribution in [0, 0.1) is 5.41 Å². The van der Waals surface area contributed by atoms with Crippen molar-refractivity contribution < 1.29 is 23.2 Å². The summed E-state index contributed by atoms with van der Waals surface area (Å²) in [5, 5.41) is -0.0229. The number of hydrogen-bond acceptors (Lipinski definition) is 6. The molecule has 116 valence electrons. The van der Waals surface area contributed by atoms with E-state index in [4.69, 9.17) is 13.6 Å². The van der Waals surface area contributed by atoms with Crippen molar-refractivity contribution in [1.82, 2.24) is 0 Å². The summed E-state index contributed by atoms with van der Waals surface area (Å²) in [6.45, 7) is 5.71. The van der Waals surface area contributed by atoms with Crippen molar-refractivity contribution in [2.75, 3.05) is 6.61 Å². The van der Waals surface area contributed by atoms with Crippen LogP contribution in [-0.2, 0) is 11.2 Å². The Morgan fingerprint density at radius 1 is 1.32 bits per heavy atom. The van der Waals surface area contributed by atoms with E-state index in [1.807, 2.05) is 13.8 Å². The molecule has 0 atom stereocenters. The van der Waals surface area contributed by atoms with Crippen molar-refractivity contribution in [1.29, 1.82) is 0 Å². The number of ketones is 1. The Labute approximate surface area is 126 Å². The van der Waals surface area contributed by atoms with Crippen LogP contribution < -0.4 is 5.63 Å². The van der Waals surface area contributed by atoms with Gasteiger partial charge in [0.1, 0.15) is 23.0 Å². The van der Waals surface area contributed by atoms with Gasteiger partial charge in [0.25, 0.3) is 0 Å². The fraction of sp³-hybridized carbons (Fsp3) is 0.438. The van der Waals surface area contributed by atoms with Gasteiger partial charge in [0.2, 0.25) is 0 Å². The molecule has 0 bridgehead atoms. The second-order valence-electron chi connectivity index (χ2n) is 6.20. The van der Waals surface area contributed by atoms with E-state index in [0.717, 1.165) is 6.26 Å². The third-order valence-electron chi connectivity index (χ3n) is 3.77. The van der Waals surface area contributed by atoms with Gasteiger partial charge in [-0.2, -0.15) is 0 Å². The predicted molar refractivity (Wildman–Crippen MR) is 77.1 cm³/mol. The number of esters is 1. The number of hydrogen-bond donors (Lipinski definition) is 0. The lowest BCUT2D eigenvalue weighted by Gasteiger charge is -2.28. The van der Waals surface area contributed by atoms with Gasteiger partial charge in [-0.1, -0.05) is 13.8 Å². The third-order valence-corrected chi connectivity index (χ3v) is 3.77. The molecule has 3 rings (SSSR count). The second-order valence-corrected chi connectivity index (χ2v) is 6.20. The van der Waals surface area contributed by atoms with Gasteiger partial charge in [-0.05, 0) is 12.3 Å². The highest BCUT2D eigenvalue weighted by atomic mass is 16.5. The van der Waals surface area contributed by atoms with Crippen molar-refractivity contribution in [3.05, 3.63) is 33.6 Å². The molecule has 0 spiro atoms. The van der Waals surface area contributed by atoms with E-state index >= 15 is 0 Å². The molecule has 0 aliphatic heterocycles. The van der Waals surface area contributed by atoms with Crippen LogP contribution in [-0.4, -0.2) is 18.4 Å². The molecule has 6 nitrogen and oxygen atoms in total. The first-order chi connectivity index (χ1) is 10.3. The van der Waals surface area contributed by atoms with Gasteiger partial charge >= 0.3 is 11.6 Å². The summed E-state index contributed by atoms with van der Waals surface area (Å²) >= 11 is 0. The fourth-order valence-corrected chi connectivity index (χ4v) is 2.87. The van der Waals surface area contributed by atoms with Crippen LogP contribution in [0.25, 0.3) is 11.0 Å². The molecular formula is C16H16O6. The maximum atomic E-state index is 12.4. The van der Waals surface area contributed by atoms with Crippen LogP contribution in [0.4, 0.5) is 0 Å². The summed E-state index contributed by atoms with van der Waals surface area (Å²) in [7, 11) is 0. The van der Waals surface area contributed by atoms with E-state index < -0.39 is 11.6 Å². The molecule has 2 aromatic heterocycles. The van der Waals surface area contributed by atoms with Gasteiger partial charge < -0.3 is 13.6 Å². The Morgan fingerprint density at radius 2 is 2.05 bits per heavy atom. The molecule has 2 aromatic rings. The molecular weight excluding hydrogens is 288 g/mol. The molecule has 0 aromatic carbocycles. The van der Waals surface area contributed by atoms with E-state index in [1.54, 1.807) is 6.92 Å². The predicted octanol–water partition coefficient (Wildman–Crippen LogP) is 2.72. The summed E-state index contributed by atoms with van der Waals surface area (Å²) < 4.78 is 15.5. The molecule has 6 heteroatoms. The zero-order valence-electron chi connectivity index (χ0n) is 12.6. The molecule has 2 heterocycles. The van der Waals surface area contributed by atoms with E-state index in [1.165, 1.54) is 0 Å². The fourth-order valence-electron chi connectivity index (χ4n) is 2.87. The van der Waals surface area contributed by atoms with Crippen LogP contribution >= 0.6 is 0 Å². The monoisotopic (exact) mass is 304 g/mol. The van der Waals surface area contributed by atoms with E-state index in [9.17, 15) is 14.4 Å². The van der Waals surface area contributed by atoms with Crippen LogP contribution in [0.5, 0.6) is 0 Å². The van der Waals surface area contributed by atoms with Crippen molar-refractivity contribution in [2.24, 2.45) is 5.41 Å². The molecule has 0 radical (unpaired) electrons. The molecule has 1 aliphatic carbocycles. The first-order valence-corrected chi connectivity index (χ1v) is 7.11. The minimum absolute atomic E-state index is 0.00830. The van der Waals surface area contributed by atoms with Gasteiger partial charge in [0, 0.05) is 12.8 Å². The van der Waals surface area contributed by atoms with Crippen LogP contribution in [0.15, 0.2) is 19.9 Å². The lowest BCUT2D eigenvalue weighted by atomic mass is 9.76. The lowest BCUT2D eigenvalue weighted by molar-refractivity contribution is 0.0527. The van der Waals surface area contributed by atoms with Crippen LogP contribution in [0.1, 0.15) is 53.7 Å². The zero-order valence-corrected chi connectivity index (χ0v) is 12.6. The number of furan rings is 1. The van der Waals surface area contributed by atoms with Gasteiger partial charge in [0.15, 0.2) is 11.4 Å². The highest BCUT2D eigenvalue weighted by Gasteiger charge is 2.37. The maximum Gasteiger partial charge on any atom is 0.348 e. The first kappa shape index (κ1) is 14.6. The number of ether oxygens (including phenoxy) is 1. The highest BCUT2D eigenvalue weighted by Crippen LogP contribution is 2.37. The minimum Gasteiger partial charge on any atom is -0.462 e. The molecule has 0 unspecified atom stereocenters. The molecule has 0 saturated heterocycles. The number of Topliss-reactive ketones (excluding diaryl/α,β-unsaturated/α-hetero) is 1. The SMILES string of the molecule is CCOC(=O)c1coc2c3c(oc(=O)c12)CC(C)(C)CC3=O. The summed E-state index contributed by atoms with van der Waals surface area (Å²) in [6, 6.07) is 0. The van der Waals surface area contributed by atoms with Crippen molar-refractivity contribution in [3.63, 3.8) is 0 Å². The Bertz CT molecular complexity index is 836. The topological polar surface area (TPSA) is 86.7 Å². The summed E-state index contributed by atoms with van der Waals surface area (Å²) in [4.78, 5) is 36.5. The third kappa shape index (κ3) is 2.15. The van der Waals surface area contributed by atoms with Crippen LogP contribution in [0.2, 0.25) is 0 Å². The zero-order chi connectivity index (χ0) is 16.1. The summed E-state index contributed by atoms with van der Waals surface area (Å²) in [5.41, 5.74) is -0.578. The Balaban J connectivity index is 2.26. The minimum atomic E-state index is -0.684. The van der Waals surface area contributed by atoms with Gasteiger partial charge in [0.05, 0.1) is 12.2 Å². The smallest absolute Gasteiger partial charge is 0.348 e. The lowest BCUT2D eigenvalue weighted by Crippen LogP contribution is -2.28. The summed E-state index contributed by atoms with van der Waals surface area (Å²) in [5.74, 6) is -0.495. The Hall–Kier alpha value is -2.37. The molecule has 1 aliphatic rings. The average molecular weight is 304 g/mol. The van der Waals surface area contributed by atoms with Crippen LogP contribution in [0.3, 0.4) is 0 Å². The van der Waals surface area contributed by atoms with Gasteiger partial charge in [-0.15, -0.1) is 0 Å². The van der Waals surface area contributed by atoms with E-state index in [2.05, 4.69) is 0 Å². The summed E-state index contributed by atoms with van der Waals surface area (Å²) in [6.07, 6.45) is 1.94. The number of rotatable bonds is 2. The van der Waals surface area contributed by atoms with Crippen molar-refractivity contribution in [3.8, 4) is 0 Å². The van der Waals surface area contributed by atoms with E-state index in [0.29, 0.717) is 18.6 Å². The standard InChI is InChI=1S/C16H16O6/c1-4-20-14(18)8-7-21-13-11(8)15(19)22-10-6-16(2,3)5-9(17)12(10)13/h7H,4-6H2,1-3H3. The highest BCUT2D eigenvalue weighted by molar-refractivity contribution is 6.11. The normalized spacial score (nSPS) is 16.6. The maximum absolute atomic E-state index is 12.4. The van der Waals surface area contributed by atoms with Gasteiger partial charge in [-0.3, -0.25) is 4.79 Å². The van der Waals surface area contributed by atoms with Gasteiger partial charge in [-0.25, -0.2) is 9.59 Å². The molecule has 0 N–H and O–H groups in total. The number of carbonyl (C=O) groups excluding carboxylic acids is 2. The molecule has 0 saturated carbocycles. The Morgan fingerprint density at radius 3 is 2.73 bits per heavy atom. The van der Waals surface area contributed by atoms with Crippen molar-refractivity contribution in [2.45, 2.75) is 33.6 Å². The average Bonchev–Trinajstić information content (AvgIpc) is 2.82. The Kier molecular flexibility index (Phi) is 3.20.